The molecule has 0 aromatic heterocycles. The van der Waals surface area contributed by atoms with Gasteiger partial charge in [0.15, 0.2) is 6.61 Å². The van der Waals surface area contributed by atoms with Crippen LogP contribution in [0.15, 0.2) is 97.1 Å². The molecule has 1 saturated heterocycles. The summed E-state index contributed by atoms with van der Waals surface area (Å²) in [6, 6.07) is 30.7. The summed E-state index contributed by atoms with van der Waals surface area (Å²) in [5.74, 6) is -0.808. The quantitative estimate of drug-likeness (QED) is 0.184. The summed E-state index contributed by atoms with van der Waals surface area (Å²) in [6.45, 7) is 0.0392. The molecule has 0 radical (unpaired) electrons. The number of fused-ring (bicyclic) bond motifs is 1. The lowest BCUT2D eigenvalue weighted by Crippen LogP contribution is -2.55. The van der Waals surface area contributed by atoms with Crippen LogP contribution in [0.25, 0.3) is 10.8 Å². The number of carbonyl (C=O) groups is 4. The van der Waals surface area contributed by atoms with E-state index in [0.717, 1.165) is 27.5 Å². The van der Waals surface area contributed by atoms with Crippen LogP contribution in [-0.4, -0.2) is 84.7 Å². The van der Waals surface area contributed by atoms with Crippen molar-refractivity contribution in [1.29, 1.82) is 5.26 Å². The van der Waals surface area contributed by atoms with E-state index >= 15 is 0 Å². The molecule has 252 valence electrons. The predicted molar refractivity (Wildman–Crippen MR) is 182 cm³/mol. The summed E-state index contributed by atoms with van der Waals surface area (Å²) in [5, 5.41) is 20.1. The van der Waals surface area contributed by atoms with Gasteiger partial charge in [-0.1, -0.05) is 84.9 Å². The molecule has 12 heteroatoms. The Morgan fingerprint density at radius 2 is 1.67 bits per heavy atom. The maximum absolute atomic E-state index is 14.3. The van der Waals surface area contributed by atoms with E-state index in [1.807, 2.05) is 78.9 Å². The van der Waals surface area contributed by atoms with Gasteiger partial charge in [-0.3, -0.25) is 9.59 Å². The Kier molecular flexibility index (Phi) is 11.8. The van der Waals surface area contributed by atoms with Crippen molar-refractivity contribution in [1.82, 2.24) is 25.6 Å². The van der Waals surface area contributed by atoms with E-state index in [1.165, 1.54) is 17.1 Å². The van der Waals surface area contributed by atoms with Gasteiger partial charge < -0.3 is 25.0 Å². The van der Waals surface area contributed by atoms with Crippen LogP contribution in [-0.2, 0) is 38.6 Å². The second-order valence-electron chi connectivity index (χ2n) is 11.5. The van der Waals surface area contributed by atoms with Gasteiger partial charge in [-0.2, -0.15) is 5.26 Å². The summed E-state index contributed by atoms with van der Waals surface area (Å²) in [4.78, 5) is 54.3. The van der Waals surface area contributed by atoms with Crippen molar-refractivity contribution in [3.8, 4) is 11.8 Å². The Morgan fingerprint density at radius 1 is 0.939 bits per heavy atom. The van der Waals surface area contributed by atoms with Crippen LogP contribution >= 0.6 is 0 Å². The van der Waals surface area contributed by atoms with Crippen LogP contribution in [0.2, 0.25) is 0 Å². The molecule has 4 aromatic rings. The highest BCUT2D eigenvalue weighted by atomic mass is 16.6. The lowest BCUT2D eigenvalue weighted by Gasteiger charge is -2.33. The van der Waals surface area contributed by atoms with Crippen molar-refractivity contribution >= 4 is 34.6 Å². The number of benzene rings is 4. The van der Waals surface area contributed by atoms with Gasteiger partial charge in [0.2, 0.25) is 11.8 Å². The van der Waals surface area contributed by atoms with Gasteiger partial charge in [0.1, 0.15) is 18.3 Å². The first-order chi connectivity index (χ1) is 23.8. The van der Waals surface area contributed by atoms with Crippen LogP contribution in [0.1, 0.15) is 16.7 Å². The van der Waals surface area contributed by atoms with Crippen molar-refractivity contribution < 1.29 is 28.7 Å². The predicted octanol–water partition coefficient (Wildman–Crippen LogP) is 3.41. The van der Waals surface area contributed by atoms with Gasteiger partial charge in [0.25, 0.3) is 0 Å². The molecule has 2 N–H and O–H groups in total. The van der Waals surface area contributed by atoms with Crippen LogP contribution in [0, 0.1) is 11.3 Å². The Balaban J connectivity index is 1.39. The number of amides is 4. The number of hydrazine groups is 1. The molecule has 49 heavy (non-hydrogen) atoms. The average Bonchev–Trinajstić information content (AvgIpc) is 3.18. The number of hydrogen-bond acceptors (Lipinski definition) is 8. The maximum atomic E-state index is 14.3. The molecule has 1 atom stereocenters. The minimum absolute atomic E-state index is 0.128. The molecule has 5 rings (SSSR count). The maximum Gasteiger partial charge on any atom is 0.343 e. The van der Waals surface area contributed by atoms with E-state index < -0.39 is 23.9 Å². The number of urea groups is 1. The van der Waals surface area contributed by atoms with Crippen LogP contribution in [0.4, 0.5) is 4.79 Å². The van der Waals surface area contributed by atoms with Gasteiger partial charge in [-0.25, -0.2) is 19.6 Å². The van der Waals surface area contributed by atoms with E-state index in [2.05, 4.69) is 15.4 Å². The number of methoxy groups -OCH3 is 1. The minimum Gasteiger partial charge on any atom is -0.482 e. The second-order valence-corrected chi connectivity index (χ2v) is 11.5. The lowest BCUT2D eigenvalue weighted by atomic mass is 10.0. The normalized spacial score (nSPS) is 15.3. The summed E-state index contributed by atoms with van der Waals surface area (Å²) in [7, 11) is 1.28. The van der Waals surface area contributed by atoms with E-state index in [0.29, 0.717) is 5.75 Å². The van der Waals surface area contributed by atoms with Gasteiger partial charge in [0, 0.05) is 32.6 Å². The fraction of sp³-hybridized carbons (Fsp3) is 0.270. The molecular weight excluding hydrogens is 624 g/mol. The molecule has 1 heterocycles. The number of rotatable bonds is 11. The summed E-state index contributed by atoms with van der Waals surface area (Å²) in [6.07, 6.45) is 0.188. The molecule has 4 aromatic carbocycles. The SMILES string of the molecule is COC(=O)COc1ccc(C[C@@H]2NC(=O)CN(N(CC#N)C(=O)NCc3ccccc3)CCN(Cc3cccc4ccccc34)C2=O)cc1. The molecular formula is C37H38N6O6. The molecule has 0 bridgehead atoms. The molecule has 0 saturated carbocycles. The molecule has 1 aliphatic heterocycles. The summed E-state index contributed by atoms with van der Waals surface area (Å²) >= 11 is 0. The number of esters is 1. The number of ether oxygens (including phenoxy) is 2. The van der Waals surface area contributed by atoms with E-state index in [-0.39, 0.29) is 58.2 Å². The number of hydrogen-bond donors (Lipinski definition) is 2. The number of nitriles is 1. The number of carbonyl (C=O) groups excluding carboxylic acids is 4. The Labute approximate surface area is 284 Å². The zero-order chi connectivity index (χ0) is 34.6. The molecule has 0 spiro atoms. The zero-order valence-corrected chi connectivity index (χ0v) is 27.2. The van der Waals surface area contributed by atoms with Gasteiger partial charge >= 0.3 is 12.0 Å². The highest BCUT2D eigenvalue weighted by Gasteiger charge is 2.32. The Hall–Kier alpha value is -5.93. The van der Waals surface area contributed by atoms with E-state index in [4.69, 9.17) is 4.74 Å². The highest BCUT2D eigenvalue weighted by molar-refractivity contribution is 5.90. The molecule has 1 fully saturated rings. The monoisotopic (exact) mass is 662 g/mol. The minimum atomic E-state index is -0.916. The van der Waals surface area contributed by atoms with E-state index in [1.54, 1.807) is 29.2 Å². The summed E-state index contributed by atoms with van der Waals surface area (Å²) in [5.41, 5.74) is 2.58. The number of nitrogens with one attached hydrogen (secondary N) is 2. The molecule has 12 nitrogen and oxygen atoms in total. The van der Waals surface area contributed by atoms with Crippen molar-refractivity contribution in [2.45, 2.75) is 25.6 Å². The van der Waals surface area contributed by atoms with Crippen LogP contribution < -0.4 is 15.4 Å². The first-order valence-electron chi connectivity index (χ1n) is 15.9. The molecule has 0 unspecified atom stereocenters. The third-order valence-corrected chi connectivity index (χ3v) is 8.17. The first-order valence-corrected chi connectivity index (χ1v) is 15.9. The highest BCUT2D eigenvalue weighted by Crippen LogP contribution is 2.22. The lowest BCUT2D eigenvalue weighted by molar-refractivity contribution is -0.143. The molecule has 0 aliphatic carbocycles. The van der Waals surface area contributed by atoms with Crippen molar-refractivity contribution in [2.24, 2.45) is 0 Å². The average molecular weight is 663 g/mol. The Bertz CT molecular complexity index is 1800. The van der Waals surface area contributed by atoms with Gasteiger partial charge in [-0.15, -0.1) is 0 Å². The molecule has 4 amide bonds. The topological polar surface area (TPSA) is 144 Å². The van der Waals surface area contributed by atoms with Crippen molar-refractivity contribution in [2.75, 3.05) is 39.9 Å². The van der Waals surface area contributed by atoms with Gasteiger partial charge in [-0.05, 0) is 39.6 Å². The third kappa shape index (κ3) is 9.33. The fourth-order valence-electron chi connectivity index (χ4n) is 5.64. The van der Waals surface area contributed by atoms with Crippen LogP contribution in [0.3, 0.4) is 0 Å². The molecule has 1 aliphatic rings. The summed E-state index contributed by atoms with van der Waals surface area (Å²) < 4.78 is 10.1. The van der Waals surface area contributed by atoms with Gasteiger partial charge in [0.05, 0.1) is 19.7 Å². The van der Waals surface area contributed by atoms with E-state index in [9.17, 15) is 24.4 Å². The number of nitrogens with zero attached hydrogens (tertiary/aromatic N) is 4. The standard InChI is InChI=1S/C37H38N6O6/c1-48-35(45)26-49-31-16-14-27(15-17-31)22-33-36(46)41(24-30-12-7-11-29-10-5-6-13-32(29)30)20-21-42(25-34(44)40-33)43(19-18-38)37(47)39-23-28-8-3-2-4-9-28/h2-17,33H,19-26H2,1H3,(H,39,47)(H,40,44)/t33-/m0/s1. The Morgan fingerprint density at radius 3 is 2.43 bits per heavy atom. The zero-order valence-electron chi connectivity index (χ0n) is 27.2. The van der Waals surface area contributed by atoms with Crippen LogP contribution in [0.5, 0.6) is 5.75 Å². The second kappa shape index (κ2) is 16.8. The van der Waals surface area contributed by atoms with Crippen molar-refractivity contribution in [3.63, 3.8) is 0 Å². The third-order valence-electron chi connectivity index (χ3n) is 8.17. The first kappa shape index (κ1) is 34.4. The fourth-order valence-corrected chi connectivity index (χ4v) is 5.64. The largest absolute Gasteiger partial charge is 0.482 e. The smallest absolute Gasteiger partial charge is 0.343 e. The van der Waals surface area contributed by atoms with Crippen molar-refractivity contribution in [3.05, 3.63) is 114 Å².